The Bertz CT molecular complexity index is 785. The Kier molecular flexibility index (Phi) is 4.63. The smallest absolute Gasteiger partial charge is 0.160 e. The quantitative estimate of drug-likeness (QED) is 0.695. The highest BCUT2D eigenvalue weighted by atomic mass is 32.1. The standard InChI is InChI=1S/C19H24N4S/c1-2-4-18-21-17-5-3-9-20-19(17)23(18)16-6-10-22(11-7-16)13-15-8-12-24-14-15/h3,5,8-9,12,14,16H,2,4,6-7,10-11,13H2,1H3. The van der Waals surface area contributed by atoms with Gasteiger partial charge in [-0.15, -0.1) is 0 Å². The van der Waals surface area contributed by atoms with E-state index in [2.05, 4.69) is 44.3 Å². The van der Waals surface area contributed by atoms with Crippen molar-refractivity contribution in [2.45, 2.75) is 45.2 Å². The largest absolute Gasteiger partial charge is 0.309 e. The van der Waals surface area contributed by atoms with E-state index in [9.17, 15) is 0 Å². The van der Waals surface area contributed by atoms with Gasteiger partial charge in [0, 0.05) is 38.3 Å². The molecule has 126 valence electrons. The Labute approximate surface area is 147 Å². The second-order valence-electron chi connectivity index (χ2n) is 6.63. The SMILES string of the molecule is CCCc1nc2cccnc2n1C1CCN(Cc2ccsc2)CC1. The number of thiophene rings is 1. The molecule has 3 aromatic rings. The third-order valence-corrected chi connectivity index (χ3v) is 5.64. The van der Waals surface area contributed by atoms with E-state index in [4.69, 9.17) is 4.98 Å². The number of aromatic nitrogens is 3. The van der Waals surface area contributed by atoms with Crippen molar-refractivity contribution in [2.24, 2.45) is 0 Å². The maximum absolute atomic E-state index is 4.85. The molecule has 3 aromatic heterocycles. The first-order valence-corrected chi connectivity index (χ1v) is 9.84. The van der Waals surface area contributed by atoms with E-state index in [1.165, 1.54) is 24.2 Å². The van der Waals surface area contributed by atoms with Crippen molar-refractivity contribution < 1.29 is 0 Å². The molecule has 0 spiro atoms. The fourth-order valence-electron chi connectivity index (χ4n) is 3.74. The highest BCUT2D eigenvalue weighted by molar-refractivity contribution is 7.07. The van der Waals surface area contributed by atoms with Crippen LogP contribution in [0.2, 0.25) is 0 Å². The summed E-state index contributed by atoms with van der Waals surface area (Å²) in [5.41, 5.74) is 3.55. The number of likely N-dealkylation sites (tertiary alicyclic amines) is 1. The summed E-state index contributed by atoms with van der Waals surface area (Å²) >= 11 is 1.79. The lowest BCUT2D eigenvalue weighted by Crippen LogP contribution is -2.34. The van der Waals surface area contributed by atoms with Crippen molar-refractivity contribution in [1.82, 2.24) is 19.4 Å². The zero-order chi connectivity index (χ0) is 16.4. The van der Waals surface area contributed by atoms with Gasteiger partial charge in [-0.2, -0.15) is 11.3 Å². The van der Waals surface area contributed by atoms with E-state index in [0.29, 0.717) is 6.04 Å². The lowest BCUT2D eigenvalue weighted by Gasteiger charge is -2.33. The van der Waals surface area contributed by atoms with Gasteiger partial charge in [0.05, 0.1) is 0 Å². The maximum atomic E-state index is 4.85. The van der Waals surface area contributed by atoms with Crippen LogP contribution in [0.1, 0.15) is 43.6 Å². The minimum Gasteiger partial charge on any atom is -0.309 e. The summed E-state index contributed by atoms with van der Waals surface area (Å²) in [7, 11) is 0. The van der Waals surface area contributed by atoms with Crippen LogP contribution in [0.5, 0.6) is 0 Å². The third-order valence-electron chi connectivity index (χ3n) is 4.90. The van der Waals surface area contributed by atoms with Gasteiger partial charge in [-0.25, -0.2) is 9.97 Å². The summed E-state index contributed by atoms with van der Waals surface area (Å²) in [6.07, 6.45) is 6.42. The molecule has 24 heavy (non-hydrogen) atoms. The molecule has 0 amide bonds. The predicted molar refractivity (Wildman–Crippen MR) is 99.4 cm³/mol. The molecule has 0 radical (unpaired) electrons. The van der Waals surface area contributed by atoms with Gasteiger partial charge in [0.15, 0.2) is 5.65 Å². The van der Waals surface area contributed by atoms with Crippen LogP contribution < -0.4 is 0 Å². The molecule has 4 rings (SSSR count). The van der Waals surface area contributed by atoms with Crippen LogP contribution in [0.25, 0.3) is 11.2 Å². The summed E-state index contributed by atoms with van der Waals surface area (Å²) in [6.45, 7) is 5.61. The third kappa shape index (κ3) is 3.10. The van der Waals surface area contributed by atoms with Gasteiger partial charge in [0.25, 0.3) is 0 Å². The van der Waals surface area contributed by atoms with E-state index in [1.54, 1.807) is 11.3 Å². The van der Waals surface area contributed by atoms with Crippen LogP contribution in [0.4, 0.5) is 0 Å². The number of pyridine rings is 1. The van der Waals surface area contributed by atoms with Gasteiger partial charge in [-0.05, 0) is 53.8 Å². The van der Waals surface area contributed by atoms with Gasteiger partial charge in [-0.1, -0.05) is 6.92 Å². The second kappa shape index (κ2) is 7.03. The summed E-state index contributed by atoms with van der Waals surface area (Å²) in [5.74, 6) is 1.21. The molecule has 1 aliphatic rings. The van der Waals surface area contributed by atoms with E-state index < -0.39 is 0 Å². The van der Waals surface area contributed by atoms with E-state index >= 15 is 0 Å². The van der Waals surface area contributed by atoms with Gasteiger partial charge in [0.1, 0.15) is 11.3 Å². The molecule has 1 fully saturated rings. The molecule has 0 bridgehead atoms. The van der Waals surface area contributed by atoms with E-state index in [-0.39, 0.29) is 0 Å². The number of aryl methyl sites for hydroxylation is 1. The molecule has 0 unspecified atom stereocenters. The van der Waals surface area contributed by atoms with Crippen molar-refractivity contribution in [3.63, 3.8) is 0 Å². The molecule has 4 nitrogen and oxygen atoms in total. The Balaban J connectivity index is 1.52. The summed E-state index contributed by atoms with van der Waals surface area (Å²) in [6, 6.07) is 6.84. The van der Waals surface area contributed by atoms with Crippen LogP contribution in [0, 0.1) is 0 Å². The highest BCUT2D eigenvalue weighted by Gasteiger charge is 2.24. The molecular weight excluding hydrogens is 316 g/mol. The second-order valence-corrected chi connectivity index (χ2v) is 7.41. The predicted octanol–water partition coefficient (Wildman–Crippen LogP) is 4.28. The lowest BCUT2D eigenvalue weighted by molar-refractivity contribution is 0.179. The lowest BCUT2D eigenvalue weighted by atomic mass is 10.0. The number of imidazole rings is 1. The van der Waals surface area contributed by atoms with Crippen molar-refractivity contribution in [2.75, 3.05) is 13.1 Å². The first-order chi connectivity index (χ1) is 11.8. The van der Waals surface area contributed by atoms with Gasteiger partial charge >= 0.3 is 0 Å². The number of fused-ring (bicyclic) bond motifs is 1. The zero-order valence-corrected chi connectivity index (χ0v) is 15.0. The van der Waals surface area contributed by atoms with Crippen LogP contribution in [-0.4, -0.2) is 32.5 Å². The molecule has 1 aliphatic heterocycles. The van der Waals surface area contributed by atoms with Crippen LogP contribution >= 0.6 is 11.3 Å². The van der Waals surface area contributed by atoms with Crippen LogP contribution in [0.15, 0.2) is 35.2 Å². The zero-order valence-electron chi connectivity index (χ0n) is 14.2. The average Bonchev–Trinajstić information content (AvgIpc) is 3.23. The Morgan fingerprint density at radius 1 is 1.25 bits per heavy atom. The number of rotatable bonds is 5. The Morgan fingerprint density at radius 3 is 2.88 bits per heavy atom. The van der Waals surface area contributed by atoms with Crippen molar-refractivity contribution >= 4 is 22.5 Å². The number of hydrogen-bond acceptors (Lipinski definition) is 4. The minimum absolute atomic E-state index is 0.533. The van der Waals surface area contributed by atoms with Crippen molar-refractivity contribution in [3.8, 4) is 0 Å². The van der Waals surface area contributed by atoms with Gasteiger partial charge < -0.3 is 4.57 Å². The molecule has 0 aliphatic carbocycles. The molecule has 0 N–H and O–H groups in total. The fraction of sp³-hybridized carbons (Fsp3) is 0.474. The van der Waals surface area contributed by atoms with Gasteiger partial charge in [-0.3, -0.25) is 4.90 Å². The maximum Gasteiger partial charge on any atom is 0.160 e. The molecule has 0 saturated carbocycles. The van der Waals surface area contributed by atoms with E-state index in [1.807, 2.05) is 12.3 Å². The molecule has 5 heteroatoms. The minimum atomic E-state index is 0.533. The normalized spacial score (nSPS) is 16.9. The number of hydrogen-bond donors (Lipinski definition) is 0. The number of piperidine rings is 1. The topological polar surface area (TPSA) is 34.0 Å². The monoisotopic (exact) mass is 340 g/mol. The van der Waals surface area contributed by atoms with Crippen LogP contribution in [0.3, 0.4) is 0 Å². The molecular formula is C19H24N4S. The van der Waals surface area contributed by atoms with Gasteiger partial charge in [0.2, 0.25) is 0 Å². The van der Waals surface area contributed by atoms with Crippen molar-refractivity contribution in [1.29, 1.82) is 0 Å². The Morgan fingerprint density at radius 2 is 2.12 bits per heavy atom. The Hall–Kier alpha value is -1.72. The fourth-order valence-corrected chi connectivity index (χ4v) is 4.40. The summed E-state index contributed by atoms with van der Waals surface area (Å²) in [4.78, 5) is 12.0. The first-order valence-electron chi connectivity index (χ1n) is 8.90. The van der Waals surface area contributed by atoms with E-state index in [0.717, 1.165) is 43.6 Å². The number of nitrogens with zero attached hydrogens (tertiary/aromatic N) is 4. The first kappa shape index (κ1) is 15.8. The molecule has 0 aromatic carbocycles. The molecule has 0 atom stereocenters. The summed E-state index contributed by atoms with van der Waals surface area (Å²) < 4.78 is 2.43. The van der Waals surface area contributed by atoms with Crippen molar-refractivity contribution in [3.05, 3.63) is 46.5 Å². The summed E-state index contributed by atoms with van der Waals surface area (Å²) in [5, 5.41) is 4.43. The average molecular weight is 340 g/mol. The van der Waals surface area contributed by atoms with Crippen LogP contribution in [-0.2, 0) is 13.0 Å². The molecule has 1 saturated heterocycles. The molecule has 4 heterocycles. The highest BCUT2D eigenvalue weighted by Crippen LogP contribution is 2.29.